The summed E-state index contributed by atoms with van der Waals surface area (Å²) in [5, 5.41) is 0. The number of rotatable bonds is 5. The molecular formula is C17H30O2. The quantitative estimate of drug-likeness (QED) is 0.731. The van der Waals surface area contributed by atoms with Gasteiger partial charge in [-0.05, 0) is 44.4 Å². The molecule has 0 amide bonds. The van der Waals surface area contributed by atoms with E-state index in [4.69, 9.17) is 4.74 Å². The summed E-state index contributed by atoms with van der Waals surface area (Å²) in [4.78, 5) is 12.8. The van der Waals surface area contributed by atoms with Crippen LogP contribution in [-0.2, 0) is 9.53 Å². The van der Waals surface area contributed by atoms with Gasteiger partial charge in [0.1, 0.15) is 5.60 Å². The first-order valence-electron chi connectivity index (χ1n) is 8.33. The molecule has 2 rings (SSSR count). The number of carbonyl (C=O) groups excluding carboxylic acids is 1. The summed E-state index contributed by atoms with van der Waals surface area (Å²) in [7, 11) is 0. The summed E-state index contributed by atoms with van der Waals surface area (Å²) in [6, 6.07) is 0. The van der Waals surface area contributed by atoms with Gasteiger partial charge in [-0.2, -0.15) is 0 Å². The summed E-state index contributed by atoms with van der Waals surface area (Å²) in [6.45, 7) is 4.99. The fourth-order valence-electron chi connectivity index (χ4n) is 3.85. The second-order valence-corrected chi connectivity index (χ2v) is 6.74. The summed E-state index contributed by atoms with van der Waals surface area (Å²) in [5.41, 5.74) is -0.418. The Morgan fingerprint density at radius 3 is 2.32 bits per heavy atom. The molecule has 0 spiro atoms. The van der Waals surface area contributed by atoms with Gasteiger partial charge in [0.15, 0.2) is 5.78 Å². The molecule has 2 saturated carbocycles. The van der Waals surface area contributed by atoms with Crippen molar-refractivity contribution in [3.8, 4) is 0 Å². The average Bonchev–Trinajstić information content (AvgIpc) is 2.43. The third kappa shape index (κ3) is 3.81. The van der Waals surface area contributed by atoms with Gasteiger partial charge in [0.25, 0.3) is 0 Å². The van der Waals surface area contributed by atoms with Crippen molar-refractivity contribution in [2.75, 3.05) is 6.61 Å². The maximum atomic E-state index is 12.8. The maximum Gasteiger partial charge on any atom is 0.164 e. The fraction of sp³-hybridized carbons (Fsp3) is 0.941. The van der Waals surface area contributed by atoms with Gasteiger partial charge in [-0.25, -0.2) is 0 Å². The van der Waals surface area contributed by atoms with Crippen molar-refractivity contribution in [3.05, 3.63) is 0 Å². The predicted octanol–water partition coefficient (Wildman–Crippen LogP) is 4.51. The molecule has 110 valence electrons. The Hall–Kier alpha value is -0.370. The highest BCUT2D eigenvalue weighted by Gasteiger charge is 2.41. The van der Waals surface area contributed by atoms with Crippen LogP contribution in [0.2, 0.25) is 0 Å². The zero-order valence-electron chi connectivity index (χ0n) is 12.7. The highest BCUT2D eigenvalue weighted by Crippen LogP contribution is 2.38. The highest BCUT2D eigenvalue weighted by molar-refractivity contribution is 5.87. The van der Waals surface area contributed by atoms with Crippen molar-refractivity contribution in [1.29, 1.82) is 0 Å². The van der Waals surface area contributed by atoms with Gasteiger partial charge in [0.2, 0.25) is 0 Å². The molecule has 0 unspecified atom stereocenters. The smallest absolute Gasteiger partial charge is 0.164 e. The SMILES string of the molecule is CCOC1(C(=O)CC2CCCCC2)CCC(C)CC1. The van der Waals surface area contributed by atoms with Crippen LogP contribution in [0, 0.1) is 11.8 Å². The third-order valence-corrected chi connectivity index (χ3v) is 5.21. The van der Waals surface area contributed by atoms with Crippen molar-refractivity contribution in [1.82, 2.24) is 0 Å². The number of hydrogen-bond donors (Lipinski definition) is 0. The molecule has 2 nitrogen and oxygen atoms in total. The molecule has 2 aliphatic carbocycles. The second-order valence-electron chi connectivity index (χ2n) is 6.74. The van der Waals surface area contributed by atoms with E-state index in [-0.39, 0.29) is 0 Å². The highest BCUT2D eigenvalue weighted by atomic mass is 16.5. The number of carbonyl (C=O) groups is 1. The summed E-state index contributed by atoms with van der Waals surface area (Å²) in [5.74, 6) is 1.81. The molecular weight excluding hydrogens is 236 g/mol. The Bertz CT molecular complexity index is 284. The summed E-state index contributed by atoms with van der Waals surface area (Å²) < 4.78 is 5.97. The molecule has 0 aromatic carbocycles. The van der Waals surface area contributed by atoms with Crippen LogP contribution in [0.1, 0.15) is 78.1 Å². The molecule has 2 aliphatic rings. The van der Waals surface area contributed by atoms with Crippen LogP contribution in [0.25, 0.3) is 0 Å². The molecule has 2 fully saturated rings. The van der Waals surface area contributed by atoms with E-state index in [9.17, 15) is 4.79 Å². The number of Topliss-reactive ketones (excluding diaryl/α,β-unsaturated/α-hetero) is 1. The molecule has 0 N–H and O–H groups in total. The van der Waals surface area contributed by atoms with E-state index in [1.807, 2.05) is 6.92 Å². The van der Waals surface area contributed by atoms with Gasteiger partial charge in [-0.15, -0.1) is 0 Å². The van der Waals surface area contributed by atoms with Crippen molar-refractivity contribution < 1.29 is 9.53 Å². The first-order chi connectivity index (χ1) is 9.16. The van der Waals surface area contributed by atoms with Crippen LogP contribution in [0.3, 0.4) is 0 Å². The Balaban J connectivity index is 1.95. The Labute approximate surface area is 118 Å². The fourth-order valence-corrected chi connectivity index (χ4v) is 3.85. The minimum Gasteiger partial charge on any atom is -0.368 e. The normalized spacial score (nSPS) is 33.3. The topological polar surface area (TPSA) is 26.3 Å². The molecule has 19 heavy (non-hydrogen) atoms. The second kappa shape index (κ2) is 6.88. The third-order valence-electron chi connectivity index (χ3n) is 5.21. The number of ether oxygens (including phenoxy) is 1. The molecule has 0 aromatic heterocycles. The Morgan fingerprint density at radius 1 is 1.11 bits per heavy atom. The van der Waals surface area contributed by atoms with Gasteiger partial charge in [-0.3, -0.25) is 4.79 Å². The van der Waals surface area contributed by atoms with Gasteiger partial charge in [0.05, 0.1) is 0 Å². The minimum atomic E-state index is -0.418. The van der Waals surface area contributed by atoms with Crippen LogP contribution in [0.4, 0.5) is 0 Å². The van der Waals surface area contributed by atoms with Gasteiger partial charge < -0.3 is 4.74 Å². The van der Waals surface area contributed by atoms with Crippen LogP contribution in [-0.4, -0.2) is 18.0 Å². The molecule has 0 atom stereocenters. The summed E-state index contributed by atoms with van der Waals surface area (Å²) >= 11 is 0. The van der Waals surface area contributed by atoms with Crippen molar-refractivity contribution in [3.63, 3.8) is 0 Å². The van der Waals surface area contributed by atoms with Crippen LogP contribution in [0.5, 0.6) is 0 Å². The van der Waals surface area contributed by atoms with E-state index in [1.165, 1.54) is 32.1 Å². The standard InChI is InChI=1S/C17H30O2/c1-3-19-17(11-9-14(2)10-12-17)16(18)13-15-7-5-4-6-8-15/h14-15H,3-13H2,1-2H3. The molecule has 0 bridgehead atoms. The predicted molar refractivity (Wildman–Crippen MR) is 78.2 cm³/mol. The van der Waals surface area contributed by atoms with E-state index in [0.29, 0.717) is 18.3 Å². The van der Waals surface area contributed by atoms with E-state index in [1.54, 1.807) is 0 Å². The molecule has 0 heterocycles. The van der Waals surface area contributed by atoms with Crippen molar-refractivity contribution in [2.45, 2.75) is 83.7 Å². The molecule has 0 aliphatic heterocycles. The molecule has 0 saturated heterocycles. The number of hydrogen-bond acceptors (Lipinski definition) is 2. The zero-order chi connectivity index (χ0) is 13.7. The monoisotopic (exact) mass is 266 g/mol. The van der Waals surface area contributed by atoms with E-state index in [0.717, 1.165) is 38.0 Å². The van der Waals surface area contributed by atoms with Crippen LogP contribution in [0.15, 0.2) is 0 Å². The number of ketones is 1. The lowest BCUT2D eigenvalue weighted by Crippen LogP contribution is -2.45. The first-order valence-corrected chi connectivity index (χ1v) is 8.33. The minimum absolute atomic E-state index is 0.410. The maximum absolute atomic E-state index is 12.8. The molecule has 0 radical (unpaired) electrons. The lowest BCUT2D eigenvalue weighted by Gasteiger charge is -2.39. The van der Waals surface area contributed by atoms with E-state index in [2.05, 4.69) is 6.92 Å². The van der Waals surface area contributed by atoms with Gasteiger partial charge in [-0.1, -0.05) is 39.0 Å². The zero-order valence-corrected chi connectivity index (χ0v) is 12.7. The van der Waals surface area contributed by atoms with Crippen molar-refractivity contribution >= 4 is 5.78 Å². The first kappa shape index (κ1) is 15.0. The van der Waals surface area contributed by atoms with Gasteiger partial charge in [0, 0.05) is 13.0 Å². The van der Waals surface area contributed by atoms with Crippen LogP contribution >= 0.6 is 0 Å². The van der Waals surface area contributed by atoms with Crippen molar-refractivity contribution in [2.24, 2.45) is 11.8 Å². The van der Waals surface area contributed by atoms with Gasteiger partial charge >= 0.3 is 0 Å². The van der Waals surface area contributed by atoms with E-state index >= 15 is 0 Å². The lowest BCUT2D eigenvalue weighted by atomic mass is 9.74. The summed E-state index contributed by atoms with van der Waals surface area (Å²) in [6.07, 6.45) is 11.5. The average molecular weight is 266 g/mol. The van der Waals surface area contributed by atoms with Crippen LogP contribution < -0.4 is 0 Å². The lowest BCUT2D eigenvalue weighted by molar-refractivity contribution is -0.151. The Kier molecular flexibility index (Phi) is 5.44. The Morgan fingerprint density at radius 2 is 1.74 bits per heavy atom. The largest absolute Gasteiger partial charge is 0.368 e. The van der Waals surface area contributed by atoms with E-state index < -0.39 is 5.60 Å². The molecule has 2 heteroatoms. The molecule has 0 aromatic rings.